The van der Waals surface area contributed by atoms with Crippen molar-refractivity contribution in [1.82, 2.24) is 15.3 Å². The number of halogens is 1. The number of hydrogen-bond donors (Lipinski definition) is 6. The van der Waals surface area contributed by atoms with Gasteiger partial charge in [-0.3, -0.25) is 29.1 Å². The van der Waals surface area contributed by atoms with E-state index in [1.807, 2.05) is 4.98 Å². The average Bonchev–Trinajstić information content (AvgIpc) is 3.17. The first-order valence-corrected chi connectivity index (χ1v) is 12.0. The second-order valence-corrected chi connectivity index (χ2v) is 9.36. The fourth-order valence-electron chi connectivity index (χ4n) is 3.63. The largest absolute Gasteiger partial charge is 0.494 e. The Morgan fingerprint density at radius 3 is 2.29 bits per heavy atom. The van der Waals surface area contributed by atoms with Gasteiger partial charge in [0, 0.05) is 24.7 Å². The maximum atomic E-state index is 13.1. The van der Waals surface area contributed by atoms with E-state index in [-0.39, 0.29) is 23.1 Å². The number of anilines is 2. The zero-order chi connectivity index (χ0) is 27.4. The van der Waals surface area contributed by atoms with Gasteiger partial charge in [-0.1, -0.05) is 23.9 Å². The number of nitrogens with one attached hydrogen (secondary N) is 5. The van der Waals surface area contributed by atoms with Crippen LogP contribution in [0.2, 0.25) is 0 Å². The Kier molecular flexibility index (Phi) is 7.71. The van der Waals surface area contributed by atoms with E-state index in [4.69, 9.17) is 0 Å². The van der Waals surface area contributed by atoms with Gasteiger partial charge in [-0.25, -0.2) is 14.2 Å². The number of aliphatic imine (C=N–C) groups is 1. The van der Waals surface area contributed by atoms with Crippen molar-refractivity contribution in [3.8, 4) is 5.88 Å². The van der Waals surface area contributed by atoms with E-state index in [0.29, 0.717) is 16.9 Å². The molecule has 6 N–H and O–H groups in total. The van der Waals surface area contributed by atoms with Gasteiger partial charge in [0.25, 0.3) is 5.56 Å². The molecule has 14 heteroatoms. The van der Waals surface area contributed by atoms with Crippen LogP contribution in [0.4, 0.5) is 15.8 Å². The molecule has 1 saturated heterocycles. The predicted molar refractivity (Wildman–Crippen MR) is 139 cm³/mol. The number of aromatic hydroxyl groups is 1. The number of amides is 3. The number of amidine groups is 1. The van der Waals surface area contributed by atoms with Crippen molar-refractivity contribution in [3.63, 3.8) is 0 Å². The SMILES string of the molecule is CC(=O)Nc1ccc([C@H](N=C2NC(=O)[C@H](CC(=O)Nc3ccc(F)cc3)S2)c2c(O)[nH]c(=O)[nH]c2=O)cc1. The van der Waals surface area contributed by atoms with Gasteiger partial charge in [-0.2, -0.15) is 0 Å². The van der Waals surface area contributed by atoms with E-state index < -0.39 is 46.1 Å². The standard InChI is InChI=1S/C24H21FN6O6S/c1-11(32)26-14-6-2-12(3-7-14)19(18-21(35)29-23(37)30-22(18)36)28-24-31-20(34)16(38-24)10-17(33)27-15-8-4-13(25)5-9-15/h2-9,16,19H,10H2,1H3,(H,26,32)(H,27,33)(H,28,31,34)(H3,29,30,35,36,37)/t16-,19-/m0/s1. The van der Waals surface area contributed by atoms with E-state index in [1.54, 1.807) is 24.3 Å². The van der Waals surface area contributed by atoms with Crippen molar-refractivity contribution in [2.24, 2.45) is 4.99 Å². The van der Waals surface area contributed by atoms with Crippen LogP contribution in [0.5, 0.6) is 5.88 Å². The molecule has 0 bridgehead atoms. The molecule has 0 spiro atoms. The number of aromatic amines is 2. The molecule has 2 heterocycles. The van der Waals surface area contributed by atoms with Crippen LogP contribution in [-0.4, -0.2) is 43.2 Å². The smallest absolute Gasteiger partial charge is 0.328 e. The molecular weight excluding hydrogens is 519 g/mol. The number of benzene rings is 2. The first-order chi connectivity index (χ1) is 18.1. The quantitative estimate of drug-likeness (QED) is 0.262. The lowest BCUT2D eigenvalue weighted by molar-refractivity contribution is -0.122. The predicted octanol–water partition coefficient (Wildman–Crippen LogP) is 1.57. The zero-order valence-electron chi connectivity index (χ0n) is 19.7. The molecule has 2 aromatic carbocycles. The van der Waals surface area contributed by atoms with Crippen LogP contribution >= 0.6 is 11.8 Å². The monoisotopic (exact) mass is 540 g/mol. The van der Waals surface area contributed by atoms with Crippen LogP contribution in [0.15, 0.2) is 63.1 Å². The minimum atomic E-state index is -1.17. The Labute approximate surface area is 217 Å². The Bertz CT molecular complexity index is 1530. The fourth-order valence-corrected chi connectivity index (χ4v) is 4.62. The lowest BCUT2D eigenvalue weighted by Crippen LogP contribution is -2.29. The summed E-state index contributed by atoms with van der Waals surface area (Å²) in [5.41, 5.74) is -0.855. The molecule has 1 aromatic heterocycles. The fraction of sp³-hybridized carbons (Fsp3) is 0.167. The molecule has 3 amide bonds. The molecule has 0 aliphatic carbocycles. The maximum absolute atomic E-state index is 13.1. The zero-order valence-corrected chi connectivity index (χ0v) is 20.5. The molecule has 196 valence electrons. The number of rotatable bonds is 7. The Morgan fingerprint density at radius 2 is 1.66 bits per heavy atom. The van der Waals surface area contributed by atoms with E-state index in [2.05, 4.69) is 25.9 Å². The minimum Gasteiger partial charge on any atom is -0.494 e. The summed E-state index contributed by atoms with van der Waals surface area (Å²) in [7, 11) is 0. The summed E-state index contributed by atoms with van der Waals surface area (Å²) in [4.78, 5) is 69.1. The summed E-state index contributed by atoms with van der Waals surface area (Å²) in [5, 5.41) is 17.3. The lowest BCUT2D eigenvalue weighted by atomic mass is 10.0. The summed E-state index contributed by atoms with van der Waals surface area (Å²) in [6, 6.07) is 10.2. The first kappa shape index (κ1) is 26.3. The number of carbonyl (C=O) groups is 3. The van der Waals surface area contributed by atoms with E-state index in [1.165, 1.54) is 31.2 Å². The van der Waals surface area contributed by atoms with Gasteiger partial charge >= 0.3 is 5.69 Å². The topological polar surface area (TPSA) is 186 Å². The number of aromatic nitrogens is 2. The molecule has 1 aliphatic heterocycles. The van der Waals surface area contributed by atoms with E-state index in [0.717, 1.165) is 11.8 Å². The van der Waals surface area contributed by atoms with Crippen LogP contribution in [0.3, 0.4) is 0 Å². The van der Waals surface area contributed by atoms with Crippen LogP contribution in [0, 0.1) is 5.82 Å². The number of carbonyl (C=O) groups excluding carboxylic acids is 3. The molecule has 0 radical (unpaired) electrons. The van der Waals surface area contributed by atoms with Crippen LogP contribution < -0.4 is 27.2 Å². The molecule has 3 aromatic rings. The average molecular weight is 541 g/mol. The van der Waals surface area contributed by atoms with Gasteiger partial charge in [-0.15, -0.1) is 0 Å². The van der Waals surface area contributed by atoms with Crippen molar-refractivity contribution < 1.29 is 23.9 Å². The molecule has 38 heavy (non-hydrogen) atoms. The van der Waals surface area contributed by atoms with Crippen LogP contribution in [0.25, 0.3) is 0 Å². The highest BCUT2D eigenvalue weighted by molar-refractivity contribution is 8.15. The highest BCUT2D eigenvalue weighted by Crippen LogP contribution is 2.32. The van der Waals surface area contributed by atoms with Gasteiger partial charge < -0.3 is 21.1 Å². The number of hydrogen-bond acceptors (Lipinski definition) is 8. The normalized spacial score (nSPS) is 16.6. The summed E-state index contributed by atoms with van der Waals surface area (Å²) in [6.45, 7) is 1.34. The Hall–Kier alpha value is -4.72. The summed E-state index contributed by atoms with van der Waals surface area (Å²) in [5.74, 6) is -2.43. The van der Waals surface area contributed by atoms with Crippen molar-refractivity contribution in [2.75, 3.05) is 10.6 Å². The molecule has 12 nitrogen and oxygen atoms in total. The van der Waals surface area contributed by atoms with Crippen LogP contribution in [0.1, 0.15) is 30.5 Å². The molecule has 1 fully saturated rings. The third kappa shape index (κ3) is 6.34. The van der Waals surface area contributed by atoms with Gasteiger partial charge in [0.05, 0.1) is 0 Å². The molecule has 2 atom stereocenters. The van der Waals surface area contributed by atoms with Gasteiger partial charge in [-0.05, 0) is 42.0 Å². The minimum absolute atomic E-state index is 0.0792. The third-order valence-corrected chi connectivity index (χ3v) is 6.40. The molecule has 1 aliphatic rings. The number of H-pyrrole nitrogens is 2. The summed E-state index contributed by atoms with van der Waals surface area (Å²) >= 11 is 0.950. The number of thioether (sulfide) groups is 1. The first-order valence-electron chi connectivity index (χ1n) is 11.1. The molecular formula is C24H21FN6O6S. The van der Waals surface area contributed by atoms with Crippen LogP contribution in [-0.2, 0) is 14.4 Å². The van der Waals surface area contributed by atoms with Gasteiger partial charge in [0.1, 0.15) is 22.7 Å². The highest BCUT2D eigenvalue weighted by atomic mass is 32.2. The molecule has 0 saturated carbocycles. The maximum Gasteiger partial charge on any atom is 0.328 e. The van der Waals surface area contributed by atoms with Gasteiger partial charge in [0.15, 0.2) is 5.17 Å². The summed E-state index contributed by atoms with van der Waals surface area (Å²) < 4.78 is 13.1. The second kappa shape index (κ2) is 11.1. The van der Waals surface area contributed by atoms with E-state index in [9.17, 15) is 33.5 Å². The molecule has 4 rings (SSSR count). The van der Waals surface area contributed by atoms with E-state index >= 15 is 0 Å². The second-order valence-electron chi connectivity index (χ2n) is 8.17. The highest BCUT2D eigenvalue weighted by Gasteiger charge is 2.34. The molecule has 0 unspecified atom stereocenters. The Balaban J connectivity index is 1.60. The summed E-state index contributed by atoms with van der Waals surface area (Å²) in [6.07, 6.45) is -0.215. The van der Waals surface area contributed by atoms with Crippen molar-refractivity contribution >= 4 is 46.0 Å². The van der Waals surface area contributed by atoms with Crippen molar-refractivity contribution in [2.45, 2.75) is 24.6 Å². The Morgan fingerprint density at radius 1 is 1.03 bits per heavy atom. The third-order valence-electron chi connectivity index (χ3n) is 5.30. The van der Waals surface area contributed by atoms with Crippen molar-refractivity contribution in [3.05, 3.63) is 86.3 Å². The van der Waals surface area contributed by atoms with Gasteiger partial charge in [0.2, 0.25) is 23.6 Å². The number of nitrogens with zero attached hydrogens (tertiary/aromatic N) is 1. The lowest BCUT2D eigenvalue weighted by Gasteiger charge is -2.15. The van der Waals surface area contributed by atoms with Crippen molar-refractivity contribution in [1.29, 1.82) is 0 Å².